The fourth-order valence-corrected chi connectivity index (χ4v) is 5.96. The Kier molecular flexibility index (Phi) is 8.19. The molecule has 5 aromatic rings. The van der Waals surface area contributed by atoms with Crippen LogP contribution < -0.4 is 16.0 Å². The number of pyridine rings is 1. The van der Waals surface area contributed by atoms with Crippen molar-refractivity contribution >= 4 is 33.8 Å². The normalized spacial score (nSPS) is 16.3. The molecule has 0 radical (unpaired) electrons. The van der Waals surface area contributed by atoms with Crippen LogP contribution in [-0.2, 0) is 17.8 Å². The Labute approximate surface area is 259 Å². The standard InChI is InChI=1S/C36H41N7O/c1-6-28(44)18-24-11-12-30-25(17-24)14-16-37-34(30)29-10-8-7-9-26(29)20-38-33-19-32(41-27-13-15-36(4,5)39-21-27)42-35-31(23(2)3)22-40-43(33)35/h6-12,14,16-17,19,22-23,27,38-39H,1,13,15,18,20-21H2,2-5H3,(H,41,42). The van der Waals surface area contributed by atoms with Gasteiger partial charge < -0.3 is 16.0 Å². The minimum atomic E-state index is 0.00989. The third-order valence-electron chi connectivity index (χ3n) is 8.59. The summed E-state index contributed by atoms with van der Waals surface area (Å²) in [6.07, 6.45) is 7.68. The van der Waals surface area contributed by atoms with Crippen LogP contribution in [-0.4, -0.2) is 43.5 Å². The summed E-state index contributed by atoms with van der Waals surface area (Å²) >= 11 is 0. The van der Waals surface area contributed by atoms with Gasteiger partial charge in [0.05, 0.1) is 11.9 Å². The first-order chi connectivity index (χ1) is 21.2. The van der Waals surface area contributed by atoms with E-state index in [1.807, 2.05) is 35.1 Å². The summed E-state index contributed by atoms with van der Waals surface area (Å²) in [5, 5.41) is 17.8. The van der Waals surface area contributed by atoms with Gasteiger partial charge in [0.2, 0.25) is 0 Å². The molecule has 226 valence electrons. The molecule has 0 saturated carbocycles. The second-order valence-corrected chi connectivity index (χ2v) is 12.7. The minimum absolute atomic E-state index is 0.00989. The maximum Gasteiger partial charge on any atom is 0.163 e. The van der Waals surface area contributed by atoms with Gasteiger partial charge in [-0.25, -0.2) is 4.98 Å². The summed E-state index contributed by atoms with van der Waals surface area (Å²) in [6.45, 7) is 13.9. The van der Waals surface area contributed by atoms with E-state index in [4.69, 9.17) is 15.1 Å². The van der Waals surface area contributed by atoms with E-state index in [1.165, 1.54) is 6.08 Å². The first-order valence-corrected chi connectivity index (χ1v) is 15.5. The van der Waals surface area contributed by atoms with E-state index in [2.05, 4.69) is 86.6 Å². The van der Waals surface area contributed by atoms with E-state index >= 15 is 0 Å². The van der Waals surface area contributed by atoms with Gasteiger partial charge in [-0.15, -0.1) is 0 Å². The molecule has 0 spiro atoms. The molecular weight excluding hydrogens is 546 g/mol. The highest BCUT2D eigenvalue weighted by Crippen LogP contribution is 2.31. The lowest BCUT2D eigenvalue weighted by Crippen LogP contribution is -2.50. The Bertz CT molecular complexity index is 1830. The number of hydrogen-bond donors (Lipinski definition) is 3. The molecule has 3 N–H and O–H groups in total. The molecule has 6 rings (SSSR count). The van der Waals surface area contributed by atoms with Crippen molar-refractivity contribution in [1.29, 1.82) is 0 Å². The summed E-state index contributed by atoms with van der Waals surface area (Å²) in [4.78, 5) is 21.8. The average Bonchev–Trinajstić information content (AvgIpc) is 3.45. The number of ketones is 1. The van der Waals surface area contributed by atoms with Gasteiger partial charge in [0.15, 0.2) is 11.4 Å². The number of aromatic nitrogens is 4. The van der Waals surface area contributed by atoms with Crippen molar-refractivity contribution in [2.24, 2.45) is 0 Å². The fraction of sp³-hybridized carbons (Fsp3) is 0.333. The van der Waals surface area contributed by atoms with Gasteiger partial charge in [-0.05, 0) is 61.3 Å². The molecule has 1 fully saturated rings. The summed E-state index contributed by atoms with van der Waals surface area (Å²) in [6, 6.07) is 18.9. The zero-order chi connectivity index (χ0) is 30.8. The Balaban J connectivity index is 1.31. The Morgan fingerprint density at radius 1 is 1.18 bits per heavy atom. The second kappa shape index (κ2) is 12.2. The number of carbonyl (C=O) groups is 1. The Morgan fingerprint density at radius 3 is 2.80 bits per heavy atom. The zero-order valence-electron chi connectivity index (χ0n) is 26.0. The molecule has 8 nitrogen and oxygen atoms in total. The van der Waals surface area contributed by atoms with Gasteiger partial charge in [0, 0.05) is 59.9 Å². The van der Waals surface area contributed by atoms with E-state index in [0.717, 1.165) is 75.4 Å². The molecule has 2 aromatic carbocycles. The highest BCUT2D eigenvalue weighted by Gasteiger charge is 2.26. The van der Waals surface area contributed by atoms with Crippen molar-refractivity contribution in [3.63, 3.8) is 0 Å². The third-order valence-corrected chi connectivity index (χ3v) is 8.59. The van der Waals surface area contributed by atoms with Crippen LogP contribution in [0.1, 0.15) is 63.1 Å². The highest BCUT2D eigenvalue weighted by atomic mass is 16.1. The lowest BCUT2D eigenvalue weighted by atomic mass is 9.91. The number of carbonyl (C=O) groups excluding carboxylic acids is 1. The molecule has 0 bridgehead atoms. The summed E-state index contributed by atoms with van der Waals surface area (Å²) < 4.78 is 1.91. The van der Waals surface area contributed by atoms with Crippen LogP contribution in [0, 0.1) is 0 Å². The third kappa shape index (κ3) is 6.21. The van der Waals surface area contributed by atoms with Crippen LogP contribution >= 0.6 is 0 Å². The zero-order valence-corrected chi connectivity index (χ0v) is 26.0. The van der Waals surface area contributed by atoms with Gasteiger partial charge in [-0.1, -0.05) is 62.9 Å². The number of fused-ring (bicyclic) bond motifs is 2. The van der Waals surface area contributed by atoms with Crippen LogP contribution in [0.4, 0.5) is 11.6 Å². The predicted octanol–water partition coefficient (Wildman–Crippen LogP) is 6.92. The largest absolute Gasteiger partial charge is 0.366 e. The minimum Gasteiger partial charge on any atom is -0.366 e. The van der Waals surface area contributed by atoms with Crippen molar-refractivity contribution < 1.29 is 4.79 Å². The van der Waals surface area contributed by atoms with Gasteiger partial charge in [0.25, 0.3) is 0 Å². The van der Waals surface area contributed by atoms with Crippen molar-refractivity contribution in [3.8, 4) is 11.3 Å². The molecule has 4 heterocycles. The van der Waals surface area contributed by atoms with Gasteiger partial charge in [-0.2, -0.15) is 9.61 Å². The topological polar surface area (TPSA) is 96.2 Å². The van der Waals surface area contributed by atoms with Gasteiger partial charge >= 0.3 is 0 Å². The molecule has 1 unspecified atom stereocenters. The number of benzene rings is 2. The van der Waals surface area contributed by atoms with Crippen molar-refractivity contribution in [2.75, 3.05) is 17.2 Å². The lowest BCUT2D eigenvalue weighted by Gasteiger charge is -2.36. The van der Waals surface area contributed by atoms with E-state index in [0.29, 0.717) is 24.9 Å². The van der Waals surface area contributed by atoms with Crippen LogP contribution in [0.2, 0.25) is 0 Å². The molecule has 0 aliphatic carbocycles. The number of rotatable bonds is 10. The average molecular weight is 588 g/mol. The molecule has 1 saturated heterocycles. The Morgan fingerprint density at radius 2 is 2.02 bits per heavy atom. The summed E-state index contributed by atoms with van der Waals surface area (Å²) in [5.41, 5.74) is 6.21. The van der Waals surface area contributed by atoms with Crippen LogP contribution in [0.5, 0.6) is 0 Å². The van der Waals surface area contributed by atoms with Crippen LogP contribution in [0.25, 0.3) is 27.7 Å². The number of anilines is 2. The predicted molar refractivity (Wildman–Crippen MR) is 179 cm³/mol. The highest BCUT2D eigenvalue weighted by molar-refractivity contribution is 5.97. The molecular formula is C36H41N7O. The number of nitrogens with one attached hydrogen (secondary N) is 3. The van der Waals surface area contributed by atoms with Crippen molar-refractivity contribution in [3.05, 3.63) is 96.3 Å². The number of allylic oxidation sites excluding steroid dienone is 1. The monoisotopic (exact) mass is 587 g/mol. The SMILES string of the molecule is C=CC(=O)Cc1ccc2c(-c3ccccc3CNc3cc(NC4CCC(C)(C)NC4)nc4c(C(C)C)cnn34)nccc2c1. The van der Waals surface area contributed by atoms with Crippen molar-refractivity contribution in [1.82, 2.24) is 24.9 Å². The van der Waals surface area contributed by atoms with Gasteiger partial charge in [0.1, 0.15) is 11.6 Å². The van der Waals surface area contributed by atoms with E-state index in [9.17, 15) is 4.79 Å². The van der Waals surface area contributed by atoms with Gasteiger partial charge in [-0.3, -0.25) is 9.78 Å². The molecule has 1 aliphatic rings. The fourth-order valence-electron chi connectivity index (χ4n) is 5.96. The maximum atomic E-state index is 11.9. The molecule has 8 heteroatoms. The lowest BCUT2D eigenvalue weighted by molar-refractivity contribution is -0.114. The first kappa shape index (κ1) is 29.5. The summed E-state index contributed by atoms with van der Waals surface area (Å²) in [5.74, 6) is 2.04. The molecule has 3 aromatic heterocycles. The maximum absolute atomic E-state index is 11.9. The van der Waals surface area contributed by atoms with Crippen molar-refractivity contribution in [2.45, 2.75) is 71.0 Å². The quantitative estimate of drug-likeness (QED) is 0.153. The van der Waals surface area contributed by atoms with E-state index < -0.39 is 0 Å². The second-order valence-electron chi connectivity index (χ2n) is 12.7. The first-order valence-electron chi connectivity index (χ1n) is 15.5. The molecule has 44 heavy (non-hydrogen) atoms. The molecule has 1 aliphatic heterocycles. The molecule has 0 amide bonds. The smallest absolute Gasteiger partial charge is 0.163 e. The summed E-state index contributed by atoms with van der Waals surface area (Å²) in [7, 11) is 0. The van der Waals surface area contributed by atoms with E-state index in [1.54, 1.807) is 0 Å². The molecule has 1 atom stereocenters. The van der Waals surface area contributed by atoms with Crippen LogP contribution in [0.15, 0.2) is 79.6 Å². The number of piperidine rings is 1. The number of nitrogens with zero attached hydrogens (tertiary/aromatic N) is 4. The Hall–Kier alpha value is -4.56. The van der Waals surface area contributed by atoms with E-state index in [-0.39, 0.29) is 11.3 Å². The number of hydrogen-bond acceptors (Lipinski definition) is 7. The van der Waals surface area contributed by atoms with Crippen LogP contribution in [0.3, 0.4) is 0 Å².